The summed E-state index contributed by atoms with van der Waals surface area (Å²) in [5.41, 5.74) is 0. The van der Waals surface area contributed by atoms with E-state index in [1.54, 1.807) is 7.05 Å². The number of nitrogens with zero attached hydrogens (tertiary/aromatic N) is 5. The number of hydrogen-bond donors (Lipinski definition) is 1. The molecule has 1 atom stereocenters. The van der Waals surface area contributed by atoms with Gasteiger partial charge in [-0.25, -0.2) is 0 Å². The first-order valence-corrected chi connectivity index (χ1v) is 5.39. The first-order chi connectivity index (χ1) is 7.24. The molecular weight excluding hydrogens is 192 g/mol. The maximum Gasteiger partial charge on any atom is 0.188 e. The predicted octanol–water partition coefficient (Wildman–Crippen LogP) is -0.606. The topological polar surface area (TPSA) is 58.9 Å². The molecule has 2 heterocycles. The van der Waals surface area contributed by atoms with E-state index in [1.807, 2.05) is 0 Å². The second-order valence-electron chi connectivity index (χ2n) is 4.19. The van der Waals surface area contributed by atoms with Crippen LogP contribution in [0, 0.1) is 0 Å². The van der Waals surface area contributed by atoms with E-state index >= 15 is 0 Å². The summed E-state index contributed by atoms with van der Waals surface area (Å²) in [6.45, 7) is 2.98. The second-order valence-corrected chi connectivity index (χ2v) is 4.19. The molecule has 6 nitrogen and oxygen atoms in total. The molecule has 1 saturated heterocycles. The molecule has 1 unspecified atom stereocenters. The maximum absolute atomic E-state index is 4.16. The van der Waals surface area contributed by atoms with E-state index in [1.165, 1.54) is 17.6 Å². The summed E-state index contributed by atoms with van der Waals surface area (Å²) in [5, 5.41) is 15.4. The molecule has 0 radical (unpaired) electrons. The number of nitrogens with one attached hydrogen (secondary N) is 1. The normalized spacial score (nSPS) is 21.4. The standard InChI is InChI=1S/C9H18N6/c1-14(6-8-4-3-5-10-8)7-9-11-13-15(2)12-9/h8,10H,3-7H2,1-2H3. The van der Waals surface area contributed by atoms with Crippen LogP contribution < -0.4 is 5.32 Å². The van der Waals surface area contributed by atoms with Crippen molar-refractivity contribution >= 4 is 0 Å². The Morgan fingerprint density at radius 3 is 3.07 bits per heavy atom. The molecule has 1 N–H and O–H groups in total. The van der Waals surface area contributed by atoms with Gasteiger partial charge in [0.15, 0.2) is 5.82 Å². The van der Waals surface area contributed by atoms with Crippen molar-refractivity contribution in [3.8, 4) is 0 Å². The zero-order valence-corrected chi connectivity index (χ0v) is 9.35. The Labute approximate surface area is 89.6 Å². The van der Waals surface area contributed by atoms with Gasteiger partial charge >= 0.3 is 0 Å². The maximum atomic E-state index is 4.16. The van der Waals surface area contributed by atoms with Crippen molar-refractivity contribution < 1.29 is 0 Å². The summed E-state index contributed by atoms with van der Waals surface area (Å²) in [7, 11) is 3.88. The van der Waals surface area contributed by atoms with Crippen molar-refractivity contribution in [3.05, 3.63) is 5.82 Å². The molecule has 0 aliphatic carbocycles. The Kier molecular flexibility index (Phi) is 3.27. The summed E-state index contributed by atoms with van der Waals surface area (Å²) >= 11 is 0. The third-order valence-corrected chi connectivity index (χ3v) is 2.66. The third-order valence-electron chi connectivity index (χ3n) is 2.66. The van der Waals surface area contributed by atoms with Crippen LogP contribution in [0.2, 0.25) is 0 Å². The first-order valence-electron chi connectivity index (χ1n) is 5.39. The summed E-state index contributed by atoms with van der Waals surface area (Å²) in [6.07, 6.45) is 2.57. The van der Waals surface area contributed by atoms with Crippen LogP contribution in [0.5, 0.6) is 0 Å². The van der Waals surface area contributed by atoms with Crippen LogP contribution in [0.3, 0.4) is 0 Å². The minimum Gasteiger partial charge on any atom is -0.313 e. The Bertz CT molecular complexity index is 303. The van der Waals surface area contributed by atoms with Gasteiger partial charge in [-0.3, -0.25) is 4.90 Å². The molecule has 2 rings (SSSR count). The monoisotopic (exact) mass is 210 g/mol. The zero-order chi connectivity index (χ0) is 10.7. The average molecular weight is 210 g/mol. The van der Waals surface area contributed by atoms with E-state index in [2.05, 4.69) is 32.7 Å². The molecular formula is C9H18N6. The van der Waals surface area contributed by atoms with Crippen molar-refractivity contribution in [3.63, 3.8) is 0 Å². The van der Waals surface area contributed by atoms with Crippen LogP contribution in [0.1, 0.15) is 18.7 Å². The lowest BCUT2D eigenvalue weighted by Crippen LogP contribution is -2.35. The molecule has 6 heteroatoms. The molecule has 1 aliphatic rings. The van der Waals surface area contributed by atoms with Gasteiger partial charge in [0.1, 0.15) is 0 Å². The van der Waals surface area contributed by atoms with E-state index in [4.69, 9.17) is 0 Å². The number of likely N-dealkylation sites (N-methyl/N-ethyl adjacent to an activating group) is 1. The lowest BCUT2D eigenvalue weighted by Gasteiger charge is -2.19. The molecule has 0 bridgehead atoms. The lowest BCUT2D eigenvalue weighted by atomic mass is 10.2. The first kappa shape index (κ1) is 10.5. The van der Waals surface area contributed by atoms with Crippen molar-refractivity contribution in [1.82, 2.24) is 30.4 Å². The molecule has 15 heavy (non-hydrogen) atoms. The van der Waals surface area contributed by atoms with Gasteiger partial charge in [0.05, 0.1) is 13.6 Å². The number of rotatable bonds is 4. The number of aromatic nitrogens is 4. The summed E-state index contributed by atoms with van der Waals surface area (Å²) < 4.78 is 0. The highest BCUT2D eigenvalue weighted by Gasteiger charge is 2.16. The smallest absolute Gasteiger partial charge is 0.188 e. The third kappa shape index (κ3) is 2.97. The van der Waals surface area contributed by atoms with E-state index < -0.39 is 0 Å². The van der Waals surface area contributed by atoms with Gasteiger partial charge < -0.3 is 5.32 Å². The summed E-state index contributed by atoms with van der Waals surface area (Å²) in [4.78, 5) is 3.73. The van der Waals surface area contributed by atoms with Crippen molar-refractivity contribution in [2.75, 3.05) is 20.1 Å². The van der Waals surface area contributed by atoms with Crippen molar-refractivity contribution in [1.29, 1.82) is 0 Å². The molecule has 0 amide bonds. The minimum atomic E-state index is 0.631. The highest BCUT2D eigenvalue weighted by Crippen LogP contribution is 2.06. The van der Waals surface area contributed by atoms with Gasteiger partial charge in [-0.1, -0.05) is 0 Å². The second kappa shape index (κ2) is 4.67. The number of hydrogen-bond acceptors (Lipinski definition) is 5. The Hall–Kier alpha value is -1.01. The van der Waals surface area contributed by atoms with Crippen molar-refractivity contribution in [2.45, 2.75) is 25.4 Å². The Morgan fingerprint density at radius 1 is 1.60 bits per heavy atom. The van der Waals surface area contributed by atoms with Crippen LogP contribution in [0.25, 0.3) is 0 Å². The highest BCUT2D eigenvalue weighted by atomic mass is 15.6. The van der Waals surface area contributed by atoms with Gasteiger partial charge in [0.2, 0.25) is 0 Å². The van der Waals surface area contributed by atoms with Gasteiger partial charge in [-0.2, -0.15) is 4.80 Å². The van der Waals surface area contributed by atoms with Gasteiger partial charge in [0.25, 0.3) is 0 Å². The predicted molar refractivity (Wildman–Crippen MR) is 56.2 cm³/mol. The SMILES string of the molecule is CN(Cc1nnn(C)n1)CC1CCCN1. The van der Waals surface area contributed by atoms with Crippen LogP contribution in [-0.2, 0) is 13.6 Å². The zero-order valence-electron chi connectivity index (χ0n) is 9.35. The van der Waals surface area contributed by atoms with Crippen LogP contribution >= 0.6 is 0 Å². The molecule has 1 aromatic rings. The van der Waals surface area contributed by atoms with Gasteiger partial charge in [-0.15, -0.1) is 10.2 Å². The Morgan fingerprint density at radius 2 is 2.47 bits per heavy atom. The largest absolute Gasteiger partial charge is 0.313 e. The minimum absolute atomic E-state index is 0.631. The summed E-state index contributed by atoms with van der Waals surface area (Å²) in [5.74, 6) is 0.790. The fourth-order valence-electron chi connectivity index (χ4n) is 1.98. The highest BCUT2D eigenvalue weighted by molar-refractivity contribution is 4.80. The van der Waals surface area contributed by atoms with E-state index in [-0.39, 0.29) is 0 Å². The molecule has 1 aromatic heterocycles. The molecule has 0 aromatic carbocycles. The molecule has 1 aliphatic heterocycles. The van der Waals surface area contributed by atoms with E-state index in [0.717, 1.165) is 25.5 Å². The molecule has 84 valence electrons. The quantitative estimate of drug-likeness (QED) is 0.718. The van der Waals surface area contributed by atoms with Gasteiger partial charge in [0, 0.05) is 12.6 Å². The van der Waals surface area contributed by atoms with Gasteiger partial charge in [-0.05, 0) is 31.6 Å². The molecule has 0 saturated carbocycles. The fraction of sp³-hybridized carbons (Fsp3) is 0.889. The van der Waals surface area contributed by atoms with Crippen LogP contribution in [-0.4, -0.2) is 51.3 Å². The van der Waals surface area contributed by atoms with E-state index in [0.29, 0.717) is 6.04 Å². The van der Waals surface area contributed by atoms with E-state index in [9.17, 15) is 0 Å². The molecule has 1 fully saturated rings. The fourth-order valence-corrected chi connectivity index (χ4v) is 1.98. The lowest BCUT2D eigenvalue weighted by molar-refractivity contribution is 0.286. The number of aryl methyl sites for hydroxylation is 1. The van der Waals surface area contributed by atoms with Crippen molar-refractivity contribution in [2.24, 2.45) is 7.05 Å². The number of tetrazole rings is 1. The average Bonchev–Trinajstić information content (AvgIpc) is 2.77. The van der Waals surface area contributed by atoms with Crippen LogP contribution in [0.4, 0.5) is 0 Å². The Balaban J connectivity index is 1.78. The summed E-state index contributed by atoms with van der Waals surface area (Å²) in [6, 6.07) is 0.631. The van der Waals surface area contributed by atoms with Crippen LogP contribution in [0.15, 0.2) is 0 Å². The molecule has 0 spiro atoms.